The zero-order valence-electron chi connectivity index (χ0n) is 10.2. The summed E-state index contributed by atoms with van der Waals surface area (Å²) >= 11 is 9.31. The summed E-state index contributed by atoms with van der Waals surface area (Å²) < 4.78 is 6.13. The average molecular weight is 344 g/mol. The smallest absolute Gasteiger partial charge is 0.242 e. The summed E-state index contributed by atoms with van der Waals surface area (Å²) in [6.45, 7) is 2.36. The summed E-state index contributed by atoms with van der Waals surface area (Å²) in [5.41, 5.74) is 7.11. The Labute approximate surface area is 124 Å². The molecule has 0 unspecified atom stereocenters. The van der Waals surface area contributed by atoms with Crippen molar-refractivity contribution in [3.8, 4) is 5.88 Å². The van der Waals surface area contributed by atoms with Crippen LogP contribution in [-0.2, 0) is 0 Å². The minimum atomic E-state index is 0.366. The first-order valence-corrected chi connectivity index (χ1v) is 6.74. The summed E-state index contributed by atoms with van der Waals surface area (Å²) in [7, 11) is 0. The highest BCUT2D eigenvalue weighted by atomic mass is 79.9. The van der Waals surface area contributed by atoms with Gasteiger partial charge in [0.05, 0.1) is 12.3 Å². The molecule has 1 heterocycles. The fraction of sp³-hybridized carbons (Fsp3) is 0.167. The van der Waals surface area contributed by atoms with Crippen LogP contribution in [-0.4, -0.2) is 16.6 Å². The summed E-state index contributed by atoms with van der Waals surface area (Å²) in [5, 5.41) is 3.75. The number of nitrogen functional groups attached to an aromatic ring is 1. The highest BCUT2D eigenvalue weighted by Crippen LogP contribution is 2.32. The molecule has 1 aromatic carbocycles. The minimum Gasteiger partial charge on any atom is -0.476 e. The number of nitrogens with two attached hydrogens (primary N) is 1. The molecule has 0 saturated carbocycles. The standard InChI is InChI=1S/C12H12BrClN4O/c1-2-19-12-10(15)11(16-6-17-12)18-9-4-3-7(14)5-8(9)13/h3-6H,2,15H2,1H3,(H,16,17,18). The third-order valence-electron chi connectivity index (χ3n) is 2.31. The van der Waals surface area contributed by atoms with Crippen LogP contribution in [0.3, 0.4) is 0 Å². The monoisotopic (exact) mass is 342 g/mol. The van der Waals surface area contributed by atoms with E-state index < -0.39 is 0 Å². The molecule has 5 nitrogen and oxygen atoms in total. The molecule has 0 fully saturated rings. The van der Waals surface area contributed by atoms with E-state index in [0.717, 1.165) is 10.2 Å². The van der Waals surface area contributed by atoms with Gasteiger partial charge in [-0.15, -0.1) is 0 Å². The molecule has 0 bridgehead atoms. The number of hydrogen-bond donors (Lipinski definition) is 2. The molecule has 0 atom stereocenters. The molecule has 0 radical (unpaired) electrons. The molecule has 2 aromatic rings. The van der Waals surface area contributed by atoms with Crippen molar-refractivity contribution in [2.24, 2.45) is 0 Å². The molecule has 3 N–H and O–H groups in total. The molecule has 0 amide bonds. The first-order chi connectivity index (χ1) is 9.11. The lowest BCUT2D eigenvalue weighted by Gasteiger charge is -2.12. The topological polar surface area (TPSA) is 73.1 Å². The van der Waals surface area contributed by atoms with Gasteiger partial charge in [-0.2, -0.15) is 4.98 Å². The molecule has 7 heteroatoms. The van der Waals surface area contributed by atoms with Gasteiger partial charge in [0.1, 0.15) is 12.0 Å². The summed E-state index contributed by atoms with van der Waals surface area (Å²) in [4.78, 5) is 8.07. The number of rotatable bonds is 4. The minimum absolute atomic E-state index is 0.366. The summed E-state index contributed by atoms with van der Waals surface area (Å²) in [5.74, 6) is 0.853. The number of halogens is 2. The Bertz CT molecular complexity index is 594. The zero-order valence-corrected chi connectivity index (χ0v) is 12.5. The van der Waals surface area contributed by atoms with Gasteiger partial charge in [-0.05, 0) is 41.1 Å². The van der Waals surface area contributed by atoms with Gasteiger partial charge < -0.3 is 15.8 Å². The van der Waals surface area contributed by atoms with Crippen LogP contribution < -0.4 is 15.8 Å². The van der Waals surface area contributed by atoms with Gasteiger partial charge in [0, 0.05) is 9.50 Å². The number of hydrogen-bond acceptors (Lipinski definition) is 5. The van der Waals surface area contributed by atoms with Crippen molar-refractivity contribution in [2.45, 2.75) is 6.92 Å². The van der Waals surface area contributed by atoms with Crippen molar-refractivity contribution in [3.63, 3.8) is 0 Å². The number of aromatic nitrogens is 2. The van der Waals surface area contributed by atoms with Crippen molar-refractivity contribution in [1.29, 1.82) is 0 Å². The Morgan fingerprint density at radius 3 is 2.89 bits per heavy atom. The highest BCUT2D eigenvalue weighted by Gasteiger charge is 2.10. The lowest BCUT2D eigenvalue weighted by Crippen LogP contribution is -2.05. The van der Waals surface area contributed by atoms with Crippen molar-refractivity contribution >= 4 is 44.7 Å². The Balaban J connectivity index is 2.30. The van der Waals surface area contributed by atoms with Gasteiger partial charge in [-0.3, -0.25) is 0 Å². The van der Waals surface area contributed by atoms with Gasteiger partial charge in [-0.25, -0.2) is 4.98 Å². The Morgan fingerprint density at radius 1 is 1.42 bits per heavy atom. The molecule has 19 heavy (non-hydrogen) atoms. The molecule has 1 aromatic heterocycles. The molecule has 0 spiro atoms. The van der Waals surface area contributed by atoms with Crippen LogP contribution in [0.25, 0.3) is 0 Å². The molecule has 0 aliphatic heterocycles. The van der Waals surface area contributed by atoms with E-state index in [1.165, 1.54) is 6.33 Å². The average Bonchev–Trinajstić information content (AvgIpc) is 2.37. The van der Waals surface area contributed by atoms with Gasteiger partial charge >= 0.3 is 0 Å². The van der Waals surface area contributed by atoms with Gasteiger partial charge in [0.25, 0.3) is 0 Å². The molecule has 2 rings (SSSR count). The molecule has 100 valence electrons. The SMILES string of the molecule is CCOc1ncnc(Nc2ccc(Cl)cc2Br)c1N. The maximum atomic E-state index is 5.94. The molecular weight excluding hydrogens is 332 g/mol. The van der Waals surface area contributed by atoms with Gasteiger partial charge in [-0.1, -0.05) is 11.6 Å². The quantitative estimate of drug-likeness (QED) is 0.887. The molecular formula is C12H12BrClN4O. The highest BCUT2D eigenvalue weighted by molar-refractivity contribution is 9.10. The van der Waals surface area contributed by atoms with Crippen LogP contribution >= 0.6 is 27.5 Å². The second-order valence-corrected chi connectivity index (χ2v) is 4.91. The maximum Gasteiger partial charge on any atom is 0.242 e. The van der Waals surface area contributed by atoms with E-state index in [-0.39, 0.29) is 0 Å². The van der Waals surface area contributed by atoms with Crippen molar-refractivity contribution < 1.29 is 4.74 Å². The second kappa shape index (κ2) is 6.08. The first kappa shape index (κ1) is 13.9. The zero-order chi connectivity index (χ0) is 13.8. The Kier molecular flexibility index (Phi) is 4.44. The van der Waals surface area contributed by atoms with Crippen LogP contribution in [0.1, 0.15) is 6.92 Å². The van der Waals surface area contributed by atoms with Gasteiger partial charge in [0.2, 0.25) is 5.88 Å². The third kappa shape index (κ3) is 3.27. The largest absolute Gasteiger partial charge is 0.476 e. The van der Waals surface area contributed by atoms with E-state index in [2.05, 4.69) is 31.2 Å². The van der Waals surface area contributed by atoms with Crippen LogP contribution in [0, 0.1) is 0 Å². The van der Waals surface area contributed by atoms with Crippen LogP contribution in [0.15, 0.2) is 29.0 Å². The van der Waals surface area contributed by atoms with E-state index in [1.807, 2.05) is 13.0 Å². The summed E-state index contributed by atoms with van der Waals surface area (Å²) in [6.07, 6.45) is 1.40. The molecule has 0 saturated heterocycles. The third-order valence-corrected chi connectivity index (χ3v) is 3.20. The van der Waals surface area contributed by atoms with E-state index in [4.69, 9.17) is 22.1 Å². The van der Waals surface area contributed by atoms with Crippen LogP contribution in [0.5, 0.6) is 5.88 Å². The van der Waals surface area contributed by atoms with E-state index in [9.17, 15) is 0 Å². The van der Waals surface area contributed by atoms with Crippen molar-refractivity contribution in [1.82, 2.24) is 9.97 Å². The normalized spacial score (nSPS) is 10.3. The van der Waals surface area contributed by atoms with Crippen LogP contribution in [0.4, 0.5) is 17.2 Å². The fourth-order valence-electron chi connectivity index (χ4n) is 1.45. The molecule has 0 aliphatic rings. The van der Waals surface area contributed by atoms with Crippen molar-refractivity contribution in [3.05, 3.63) is 34.0 Å². The predicted molar refractivity (Wildman–Crippen MR) is 80.0 cm³/mol. The van der Waals surface area contributed by atoms with Gasteiger partial charge in [0.15, 0.2) is 5.82 Å². The number of nitrogens with zero attached hydrogens (tertiary/aromatic N) is 2. The Hall–Kier alpha value is -1.53. The number of anilines is 3. The lowest BCUT2D eigenvalue weighted by molar-refractivity contribution is 0.328. The van der Waals surface area contributed by atoms with E-state index in [0.29, 0.717) is 29.0 Å². The molecule has 0 aliphatic carbocycles. The first-order valence-electron chi connectivity index (χ1n) is 5.57. The fourth-order valence-corrected chi connectivity index (χ4v) is 2.23. The number of nitrogens with one attached hydrogen (secondary N) is 1. The Morgan fingerprint density at radius 2 is 2.21 bits per heavy atom. The van der Waals surface area contributed by atoms with E-state index in [1.54, 1.807) is 12.1 Å². The number of ether oxygens (including phenoxy) is 1. The lowest BCUT2D eigenvalue weighted by atomic mass is 10.3. The van der Waals surface area contributed by atoms with E-state index >= 15 is 0 Å². The predicted octanol–water partition coefficient (Wildman–Crippen LogP) is 3.62. The second-order valence-electron chi connectivity index (χ2n) is 3.62. The summed E-state index contributed by atoms with van der Waals surface area (Å²) in [6, 6.07) is 5.38. The van der Waals surface area contributed by atoms with Crippen LogP contribution in [0.2, 0.25) is 5.02 Å². The number of benzene rings is 1. The maximum absolute atomic E-state index is 5.94. The van der Waals surface area contributed by atoms with Crippen molar-refractivity contribution in [2.75, 3.05) is 17.7 Å².